The summed E-state index contributed by atoms with van der Waals surface area (Å²) in [6, 6.07) is 3.68. The molecule has 0 amide bonds. The average Bonchev–Trinajstić information content (AvgIpc) is 2.98. The summed E-state index contributed by atoms with van der Waals surface area (Å²) in [6.07, 6.45) is 3.30. The molecule has 18 heavy (non-hydrogen) atoms. The van der Waals surface area contributed by atoms with Crippen molar-refractivity contribution >= 4 is 17.6 Å². The Bertz CT molecular complexity index is 566. The van der Waals surface area contributed by atoms with Crippen LogP contribution in [0.1, 0.15) is 11.5 Å². The molecule has 0 bridgehead atoms. The molecule has 2 aromatic heterocycles. The van der Waals surface area contributed by atoms with Crippen molar-refractivity contribution in [3.05, 3.63) is 40.0 Å². The van der Waals surface area contributed by atoms with E-state index in [1.165, 1.54) is 0 Å². The van der Waals surface area contributed by atoms with Gasteiger partial charge in [0.25, 0.3) is 0 Å². The third-order valence-electron chi connectivity index (χ3n) is 2.24. The summed E-state index contributed by atoms with van der Waals surface area (Å²) in [7, 11) is 1.66. The number of aryl methyl sites for hydroxylation is 1. The molecule has 0 fully saturated rings. The van der Waals surface area contributed by atoms with Crippen LogP contribution in [0.3, 0.4) is 0 Å². The van der Waals surface area contributed by atoms with Crippen LogP contribution in [-0.2, 0) is 4.74 Å². The van der Waals surface area contributed by atoms with Crippen molar-refractivity contribution in [3.63, 3.8) is 0 Å². The quantitative estimate of drug-likeness (QED) is 0.612. The van der Waals surface area contributed by atoms with Gasteiger partial charge < -0.3 is 9.15 Å². The van der Waals surface area contributed by atoms with Crippen molar-refractivity contribution in [2.24, 2.45) is 10.1 Å². The monoisotopic (exact) mass is 265 g/mol. The molecule has 2 rings (SSSR count). The van der Waals surface area contributed by atoms with Crippen LogP contribution >= 0.6 is 11.3 Å². The highest BCUT2D eigenvalue weighted by Crippen LogP contribution is 2.01. The Morgan fingerprint density at radius 3 is 3.17 bits per heavy atom. The fourth-order valence-electron chi connectivity index (χ4n) is 1.35. The molecule has 0 spiro atoms. The molecule has 0 atom stereocenters. The van der Waals surface area contributed by atoms with Gasteiger partial charge in [0.15, 0.2) is 0 Å². The Morgan fingerprint density at radius 1 is 1.56 bits per heavy atom. The molecule has 0 aliphatic rings. The average molecular weight is 265 g/mol. The summed E-state index contributed by atoms with van der Waals surface area (Å²) in [6.45, 7) is 3.23. The van der Waals surface area contributed by atoms with Crippen molar-refractivity contribution in [2.45, 2.75) is 6.92 Å². The van der Waals surface area contributed by atoms with E-state index in [4.69, 9.17) is 9.15 Å². The molecule has 0 N–H and O–H groups in total. The summed E-state index contributed by atoms with van der Waals surface area (Å²) in [5.74, 6) is 0.718. The van der Waals surface area contributed by atoms with Crippen molar-refractivity contribution in [3.8, 4) is 0 Å². The largest absolute Gasteiger partial charge is 0.463 e. The predicted molar refractivity (Wildman–Crippen MR) is 71.1 cm³/mol. The minimum Gasteiger partial charge on any atom is -0.463 e. The van der Waals surface area contributed by atoms with Gasteiger partial charge in [-0.05, 0) is 19.1 Å². The zero-order valence-electron chi connectivity index (χ0n) is 10.4. The van der Waals surface area contributed by atoms with E-state index in [1.54, 1.807) is 35.6 Å². The molecular weight excluding hydrogens is 250 g/mol. The van der Waals surface area contributed by atoms with Gasteiger partial charge in [-0.3, -0.25) is 4.99 Å². The summed E-state index contributed by atoms with van der Waals surface area (Å²) >= 11 is 1.56. The lowest BCUT2D eigenvalue weighted by atomic mass is 10.5. The van der Waals surface area contributed by atoms with Gasteiger partial charge in [0.05, 0.1) is 31.3 Å². The van der Waals surface area contributed by atoms with Crippen LogP contribution in [0.25, 0.3) is 0 Å². The zero-order valence-corrected chi connectivity index (χ0v) is 11.2. The van der Waals surface area contributed by atoms with Gasteiger partial charge in [-0.15, -0.1) is 11.3 Å². The summed E-state index contributed by atoms with van der Waals surface area (Å²) in [5, 5.41) is 6.38. The van der Waals surface area contributed by atoms with E-state index in [9.17, 15) is 0 Å². The maximum Gasteiger partial charge on any atom is 0.205 e. The molecule has 0 aliphatic carbocycles. The van der Waals surface area contributed by atoms with Crippen LogP contribution in [-0.4, -0.2) is 31.2 Å². The summed E-state index contributed by atoms with van der Waals surface area (Å²) < 4.78 is 12.0. The Labute approximate surface area is 109 Å². The van der Waals surface area contributed by atoms with Gasteiger partial charge in [0, 0.05) is 12.5 Å². The Balaban J connectivity index is 2.21. The van der Waals surface area contributed by atoms with Crippen molar-refractivity contribution in [1.29, 1.82) is 0 Å². The first-order valence-corrected chi connectivity index (χ1v) is 6.43. The standard InChI is InChI=1S/C12H15N3O2S/c1-10-9-18-12(13-5-7-16-2)15(10)14-8-11-4-3-6-17-11/h3-4,6,8-9H,5,7H2,1-2H3. The first kappa shape index (κ1) is 12.8. The minimum atomic E-state index is 0.610. The molecule has 0 radical (unpaired) electrons. The highest BCUT2D eigenvalue weighted by atomic mass is 32.1. The minimum absolute atomic E-state index is 0.610. The topological polar surface area (TPSA) is 52.0 Å². The van der Waals surface area contributed by atoms with E-state index in [0.29, 0.717) is 13.2 Å². The molecule has 0 saturated carbocycles. The zero-order chi connectivity index (χ0) is 12.8. The van der Waals surface area contributed by atoms with Crippen LogP contribution in [0.15, 0.2) is 38.3 Å². The molecule has 2 aromatic rings. The summed E-state index contributed by atoms with van der Waals surface area (Å²) in [5.41, 5.74) is 1.04. The van der Waals surface area contributed by atoms with E-state index in [0.717, 1.165) is 16.3 Å². The fourth-order valence-corrected chi connectivity index (χ4v) is 2.18. The number of aromatic nitrogens is 1. The number of thiazole rings is 1. The van der Waals surface area contributed by atoms with E-state index < -0.39 is 0 Å². The van der Waals surface area contributed by atoms with Gasteiger partial charge >= 0.3 is 0 Å². The second kappa shape index (κ2) is 6.32. The highest BCUT2D eigenvalue weighted by molar-refractivity contribution is 7.07. The third-order valence-corrected chi connectivity index (χ3v) is 3.21. The molecule has 0 aromatic carbocycles. The van der Waals surface area contributed by atoms with E-state index in [1.807, 2.05) is 24.4 Å². The van der Waals surface area contributed by atoms with Gasteiger partial charge in [0.1, 0.15) is 5.76 Å². The normalized spacial score (nSPS) is 12.7. The molecule has 6 heteroatoms. The third kappa shape index (κ3) is 3.18. The molecule has 0 saturated heterocycles. The molecule has 5 nitrogen and oxygen atoms in total. The fraction of sp³-hybridized carbons (Fsp3) is 0.333. The molecule has 2 heterocycles. The van der Waals surface area contributed by atoms with Gasteiger partial charge in [-0.25, -0.2) is 4.68 Å². The number of rotatable bonds is 5. The maximum absolute atomic E-state index is 5.20. The SMILES string of the molecule is COCCN=c1scc(C)n1N=Cc1ccco1. The van der Waals surface area contributed by atoms with Gasteiger partial charge in [-0.2, -0.15) is 5.10 Å². The van der Waals surface area contributed by atoms with Crippen LogP contribution in [0.5, 0.6) is 0 Å². The van der Waals surface area contributed by atoms with E-state index in [-0.39, 0.29) is 0 Å². The number of hydrogen-bond acceptors (Lipinski definition) is 5. The summed E-state index contributed by atoms with van der Waals surface area (Å²) in [4.78, 5) is 5.28. The predicted octanol–water partition coefficient (Wildman–Crippen LogP) is 1.88. The van der Waals surface area contributed by atoms with Crippen molar-refractivity contribution in [2.75, 3.05) is 20.3 Å². The molecular formula is C12H15N3O2S. The lowest BCUT2D eigenvalue weighted by Crippen LogP contribution is -2.13. The van der Waals surface area contributed by atoms with Gasteiger partial charge in [-0.1, -0.05) is 0 Å². The second-order valence-corrected chi connectivity index (χ2v) is 4.44. The molecule has 0 unspecified atom stereocenters. The number of ether oxygens (including phenoxy) is 1. The Kier molecular flexibility index (Phi) is 4.49. The molecule has 0 aliphatic heterocycles. The Hall–Kier alpha value is -1.66. The smallest absolute Gasteiger partial charge is 0.205 e. The van der Waals surface area contributed by atoms with Crippen LogP contribution in [0, 0.1) is 6.92 Å². The van der Waals surface area contributed by atoms with Crippen LogP contribution < -0.4 is 4.80 Å². The van der Waals surface area contributed by atoms with Crippen LogP contribution in [0.2, 0.25) is 0 Å². The van der Waals surface area contributed by atoms with Crippen molar-refractivity contribution < 1.29 is 9.15 Å². The van der Waals surface area contributed by atoms with E-state index in [2.05, 4.69) is 10.1 Å². The highest BCUT2D eigenvalue weighted by Gasteiger charge is 1.99. The Morgan fingerprint density at radius 2 is 2.44 bits per heavy atom. The lowest BCUT2D eigenvalue weighted by Gasteiger charge is -1.96. The number of furan rings is 1. The van der Waals surface area contributed by atoms with Crippen molar-refractivity contribution in [1.82, 2.24) is 4.68 Å². The number of hydrogen-bond donors (Lipinski definition) is 0. The lowest BCUT2D eigenvalue weighted by molar-refractivity contribution is 0.207. The van der Waals surface area contributed by atoms with Crippen LogP contribution in [0.4, 0.5) is 0 Å². The second-order valence-electron chi connectivity index (χ2n) is 3.61. The molecule has 96 valence electrons. The first-order valence-electron chi connectivity index (χ1n) is 5.55. The van der Waals surface area contributed by atoms with E-state index >= 15 is 0 Å². The number of nitrogens with zero attached hydrogens (tertiary/aromatic N) is 3. The first-order chi connectivity index (χ1) is 8.81. The number of methoxy groups -OCH3 is 1. The van der Waals surface area contributed by atoms with Gasteiger partial charge in [0.2, 0.25) is 4.80 Å². The maximum atomic E-state index is 5.20.